The van der Waals surface area contributed by atoms with Gasteiger partial charge >= 0.3 is 35.6 Å². The Morgan fingerprint density at radius 1 is 0.762 bits per heavy atom. The minimum atomic E-state index is -0.556. The van der Waals surface area contributed by atoms with Gasteiger partial charge in [-0.05, 0) is 24.3 Å². The molecule has 2 aromatic rings. The predicted molar refractivity (Wildman–Crippen MR) is 81.0 cm³/mol. The van der Waals surface area contributed by atoms with Crippen molar-refractivity contribution in [2.45, 2.75) is 0 Å². The van der Waals surface area contributed by atoms with Gasteiger partial charge in [-0.3, -0.25) is 0 Å². The summed E-state index contributed by atoms with van der Waals surface area (Å²) in [5.74, 6) is 1.38. The Labute approximate surface area is 140 Å². The summed E-state index contributed by atoms with van der Waals surface area (Å²) in [6, 6.07) is 13.7. The molecule has 0 heterocycles. The van der Waals surface area contributed by atoms with E-state index in [0.29, 0.717) is 11.5 Å². The van der Waals surface area contributed by atoms with Gasteiger partial charge in [-0.1, -0.05) is 24.3 Å². The number of para-hydroxylation sites is 4. The van der Waals surface area contributed by atoms with E-state index in [2.05, 4.69) is 0 Å². The van der Waals surface area contributed by atoms with E-state index in [1.807, 2.05) is 0 Å². The standard InChI is InChI=1S/2C7H8O2.2ClH.Ti/c2*1-9-7-5-3-2-4-6(7)8;;;/h2*2-5,8H,1H3;2*1H;/q;;;;+2/p-2. The van der Waals surface area contributed by atoms with Gasteiger partial charge in [0.15, 0.2) is 23.0 Å². The number of halogens is 2. The summed E-state index contributed by atoms with van der Waals surface area (Å²) in [7, 11) is 12.8. The molecule has 0 amide bonds. The van der Waals surface area contributed by atoms with Crippen LogP contribution in [-0.2, 0) is 17.0 Å². The molecule has 0 fully saturated rings. The van der Waals surface area contributed by atoms with Crippen molar-refractivity contribution in [1.82, 2.24) is 0 Å². The molecule has 114 valence electrons. The topological polar surface area (TPSA) is 58.9 Å². The van der Waals surface area contributed by atoms with Crippen molar-refractivity contribution in [3.63, 3.8) is 0 Å². The molecule has 0 spiro atoms. The fraction of sp³-hybridized carbons (Fsp3) is 0.143. The molecule has 0 aliphatic carbocycles. The van der Waals surface area contributed by atoms with Gasteiger partial charge in [0.1, 0.15) is 0 Å². The first-order valence-corrected chi connectivity index (χ1v) is 10.0. The third-order valence-corrected chi connectivity index (χ3v) is 2.17. The fourth-order valence-corrected chi connectivity index (χ4v) is 1.26. The molecule has 0 aliphatic rings. The van der Waals surface area contributed by atoms with Gasteiger partial charge in [0.2, 0.25) is 0 Å². The van der Waals surface area contributed by atoms with Crippen molar-refractivity contribution in [2.24, 2.45) is 0 Å². The van der Waals surface area contributed by atoms with Gasteiger partial charge in [0.25, 0.3) is 0 Å². The number of rotatable bonds is 2. The van der Waals surface area contributed by atoms with Crippen LogP contribution < -0.4 is 9.47 Å². The summed E-state index contributed by atoms with van der Waals surface area (Å²) < 4.78 is 9.59. The molecule has 0 bridgehead atoms. The van der Waals surface area contributed by atoms with E-state index in [1.54, 1.807) is 48.5 Å². The number of aromatic hydroxyl groups is 2. The molecule has 0 atom stereocenters. The number of hydrogen-bond acceptors (Lipinski definition) is 4. The van der Waals surface area contributed by atoms with E-state index in [-0.39, 0.29) is 11.5 Å². The summed E-state index contributed by atoms with van der Waals surface area (Å²) in [6.45, 7) is 0. The molecule has 0 radical (unpaired) electrons. The molecule has 2 rings (SSSR count). The number of hydrogen-bond donors (Lipinski definition) is 2. The van der Waals surface area contributed by atoms with Crippen molar-refractivity contribution in [3.05, 3.63) is 48.5 Å². The van der Waals surface area contributed by atoms with Crippen LogP contribution in [0.25, 0.3) is 0 Å². The van der Waals surface area contributed by atoms with Crippen LogP contribution in [-0.4, -0.2) is 24.4 Å². The van der Waals surface area contributed by atoms with Crippen LogP contribution in [0.3, 0.4) is 0 Å². The van der Waals surface area contributed by atoms with Crippen LogP contribution in [0.1, 0.15) is 0 Å². The van der Waals surface area contributed by atoms with Crippen LogP contribution in [0.5, 0.6) is 23.0 Å². The monoisotopic (exact) mass is 366 g/mol. The van der Waals surface area contributed by atoms with Gasteiger partial charge in [0, 0.05) is 0 Å². The van der Waals surface area contributed by atoms with Crippen molar-refractivity contribution in [3.8, 4) is 23.0 Å². The number of methoxy groups -OCH3 is 2. The van der Waals surface area contributed by atoms with Crippen LogP contribution in [0.2, 0.25) is 0 Å². The SMILES string of the molecule is COc1ccccc1O.COc1ccccc1O.[Cl][Ti][Cl]. The van der Waals surface area contributed by atoms with Crippen LogP contribution in [0, 0.1) is 0 Å². The van der Waals surface area contributed by atoms with E-state index in [9.17, 15) is 0 Å². The molecule has 0 saturated heterocycles. The van der Waals surface area contributed by atoms with Crippen molar-refractivity contribution in [1.29, 1.82) is 0 Å². The van der Waals surface area contributed by atoms with E-state index in [0.717, 1.165) is 0 Å². The molecule has 0 saturated carbocycles. The maximum atomic E-state index is 8.99. The molecule has 0 aromatic heterocycles. The minimum absolute atomic E-state index is 0.181. The summed E-state index contributed by atoms with van der Waals surface area (Å²) in [5.41, 5.74) is 0. The van der Waals surface area contributed by atoms with Gasteiger partial charge in [-0.25, -0.2) is 0 Å². The summed E-state index contributed by atoms with van der Waals surface area (Å²) in [6.07, 6.45) is 0. The van der Waals surface area contributed by atoms with E-state index >= 15 is 0 Å². The van der Waals surface area contributed by atoms with Gasteiger partial charge in [0.05, 0.1) is 14.2 Å². The fourth-order valence-electron chi connectivity index (χ4n) is 1.26. The third-order valence-electron chi connectivity index (χ3n) is 2.17. The number of phenolic OH excluding ortho intramolecular Hbond substituents is 2. The zero-order valence-electron chi connectivity index (χ0n) is 11.6. The van der Waals surface area contributed by atoms with Crippen LogP contribution >= 0.6 is 18.6 Å². The Hall–Kier alpha value is -1.07. The Bertz CT molecular complexity index is 466. The zero-order chi connectivity index (χ0) is 16.1. The van der Waals surface area contributed by atoms with Crippen molar-refractivity contribution >= 4 is 18.6 Å². The second kappa shape index (κ2) is 12.7. The molecule has 21 heavy (non-hydrogen) atoms. The second-order valence-electron chi connectivity index (χ2n) is 3.42. The van der Waals surface area contributed by atoms with Crippen LogP contribution in [0.15, 0.2) is 48.5 Å². The Morgan fingerprint density at radius 3 is 1.24 bits per heavy atom. The predicted octanol–water partition coefficient (Wildman–Crippen LogP) is 4.18. The van der Waals surface area contributed by atoms with E-state index < -0.39 is 17.0 Å². The Balaban J connectivity index is 0.000000322. The molecular weight excluding hydrogens is 351 g/mol. The summed E-state index contributed by atoms with van der Waals surface area (Å²) in [4.78, 5) is 0. The summed E-state index contributed by atoms with van der Waals surface area (Å²) >= 11 is -0.556. The average molecular weight is 367 g/mol. The summed E-state index contributed by atoms with van der Waals surface area (Å²) in [5, 5.41) is 18.0. The van der Waals surface area contributed by atoms with Gasteiger partial charge in [-0.2, -0.15) is 0 Å². The Kier molecular flexibility index (Phi) is 12.0. The maximum absolute atomic E-state index is 8.99. The molecule has 4 nitrogen and oxygen atoms in total. The zero-order valence-corrected chi connectivity index (χ0v) is 14.7. The van der Waals surface area contributed by atoms with E-state index in [1.165, 1.54) is 14.2 Å². The molecule has 7 heteroatoms. The first kappa shape index (κ1) is 19.9. The number of benzene rings is 2. The Morgan fingerprint density at radius 2 is 1.05 bits per heavy atom. The first-order valence-electron chi connectivity index (χ1n) is 5.70. The number of ether oxygens (including phenoxy) is 2. The first-order chi connectivity index (χ1) is 10.1. The van der Waals surface area contributed by atoms with E-state index in [4.69, 9.17) is 38.3 Å². The average Bonchev–Trinajstić information content (AvgIpc) is 2.50. The third kappa shape index (κ3) is 8.73. The van der Waals surface area contributed by atoms with Crippen LogP contribution in [0.4, 0.5) is 0 Å². The number of phenols is 2. The van der Waals surface area contributed by atoms with Crippen molar-refractivity contribution in [2.75, 3.05) is 14.2 Å². The molecule has 2 N–H and O–H groups in total. The molecular formula is C14H16Cl2O4Ti. The quantitative estimate of drug-likeness (QED) is 0.783. The van der Waals surface area contributed by atoms with Crippen molar-refractivity contribution < 1.29 is 36.7 Å². The van der Waals surface area contributed by atoms with Gasteiger partial charge < -0.3 is 19.7 Å². The van der Waals surface area contributed by atoms with Gasteiger partial charge in [-0.15, -0.1) is 0 Å². The molecule has 0 unspecified atom stereocenters. The molecule has 2 aromatic carbocycles. The normalized spacial score (nSPS) is 8.38. The second-order valence-corrected chi connectivity index (χ2v) is 5.99. The molecule has 0 aliphatic heterocycles.